The molecule has 19 heavy (non-hydrogen) atoms. The lowest BCUT2D eigenvalue weighted by molar-refractivity contribution is 0.436. The monoisotopic (exact) mass is 292 g/mol. The minimum atomic E-state index is -4.06. The van der Waals surface area contributed by atoms with E-state index in [1.807, 2.05) is 0 Å². The van der Waals surface area contributed by atoms with Crippen LogP contribution in [0.25, 0.3) is 0 Å². The third-order valence-corrected chi connectivity index (χ3v) is 4.65. The maximum atomic E-state index is 14.0. The normalized spacial score (nSPS) is 12.7. The summed E-state index contributed by atoms with van der Waals surface area (Å²) >= 11 is 0. The minimum absolute atomic E-state index is 0.405. The predicted molar refractivity (Wildman–Crippen MR) is 68.9 cm³/mol. The largest absolute Gasteiger partial charge is 0.326 e. The van der Waals surface area contributed by atoms with Gasteiger partial charge in [0, 0.05) is 17.6 Å². The number of nitrogens with two attached hydrogens (primary N) is 1. The molecule has 1 aromatic carbocycles. The predicted octanol–water partition coefficient (Wildman–Crippen LogP) is 1.89. The van der Waals surface area contributed by atoms with Gasteiger partial charge in [0.15, 0.2) is 5.82 Å². The van der Waals surface area contributed by atoms with Crippen LogP contribution in [0.4, 0.5) is 8.78 Å². The molecule has 0 saturated heterocycles. The molecule has 0 aromatic heterocycles. The van der Waals surface area contributed by atoms with Crippen LogP contribution in [0.5, 0.6) is 0 Å². The molecule has 1 aromatic rings. The highest BCUT2D eigenvalue weighted by Gasteiger charge is 2.28. The number of hydrogen-bond acceptors (Lipinski definition) is 3. The molecular weight excluding hydrogens is 274 g/mol. The summed E-state index contributed by atoms with van der Waals surface area (Å²) in [5, 5.41) is 0. The fourth-order valence-corrected chi connectivity index (χ4v) is 3.05. The minimum Gasteiger partial charge on any atom is -0.326 e. The van der Waals surface area contributed by atoms with E-state index in [0.29, 0.717) is 6.42 Å². The molecule has 0 atom stereocenters. The molecule has 0 amide bonds. The zero-order valence-corrected chi connectivity index (χ0v) is 11.9. The van der Waals surface area contributed by atoms with E-state index in [-0.39, 0.29) is 0 Å². The van der Waals surface area contributed by atoms with Gasteiger partial charge in [0.05, 0.1) is 0 Å². The summed E-state index contributed by atoms with van der Waals surface area (Å²) < 4.78 is 53.8. The van der Waals surface area contributed by atoms with Crippen LogP contribution >= 0.6 is 0 Å². The summed E-state index contributed by atoms with van der Waals surface area (Å²) in [7, 11) is -4.06. The summed E-state index contributed by atoms with van der Waals surface area (Å²) in [5.74, 6) is -1.99. The van der Waals surface area contributed by atoms with Gasteiger partial charge in [-0.05, 0) is 32.4 Å². The Morgan fingerprint density at radius 2 is 1.89 bits per heavy atom. The first-order chi connectivity index (χ1) is 8.64. The summed E-state index contributed by atoms with van der Waals surface area (Å²) in [5.41, 5.74) is 4.07. The number of nitrogens with one attached hydrogen (secondary N) is 1. The molecule has 3 N–H and O–H groups in total. The Bertz CT molecular complexity index is 571. The molecule has 108 valence electrons. The molecule has 0 aliphatic rings. The molecule has 0 radical (unpaired) electrons. The van der Waals surface area contributed by atoms with Crippen LogP contribution in [0.1, 0.15) is 32.8 Å². The maximum absolute atomic E-state index is 14.0. The number of halogens is 2. The van der Waals surface area contributed by atoms with Gasteiger partial charge in [0.1, 0.15) is 10.7 Å². The fraction of sp³-hybridized carbons (Fsp3) is 0.500. The molecule has 0 bridgehead atoms. The van der Waals surface area contributed by atoms with E-state index in [2.05, 4.69) is 4.72 Å². The summed E-state index contributed by atoms with van der Waals surface area (Å²) in [4.78, 5) is -0.587. The number of rotatable bonds is 5. The van der Waals surface area contributed by atoms with Gasteiger partial charge in [-0.25, -0.2) is 21.9 Å². The Balaban J connectivity index is 3.31. The Kier molecular flexibility index (Phi) is 4.65. The smallest absolute Gasteiger partial charge is 0.243 e. The van der Waals surface area contributed by atoms with E-state index in [1.165, 1.54) is 0 Å². The van der Waals surface area contributed by atoms with E-state index >= 15 is 0 Å². The Morgan fingerprint density at radius 3 is 2.37 bits per heavy atom. The molecule has 0 saturated carbocycles. The highest BCUT2D eigenvalue weighted by Crippen LogP contribution is 2.22. The fourth-order valence-electron chi connectivity index (χ4n) is 1.46. The highest BCUT2D eigenvalue weighted by molar-refractivity contribution is 7.89. The van der Waals surface area contributed by atoms with Crippen LogP contribution in [0, 0.1) is 11.6 Å². The standard InChI is InChI=1S/C12H18F2N2O2S/c1-4-12(2,3)16-19(17,18)10-6-5-9(13)8(7-15)11(10)14/h5-6,16H,4,7,15H2,1-3H3. The van der Waals surface area contributed by atoms with Gasteiger partial charge in [-0.1, -0.05) is 6.92 Å². The molecule has 0 heterocycles. The first kappa shape index (κ1) is 16.0. The van der Waals surface area contributed by atoms with Crippen molar-refractivity contribution in [1.82, 2.24) is 4.72 Å². The van der Waals surface area contributed by atoms with Crippen LogP contribution in [0.15, 0.2) is 17.0 Å². The van der Waals surface area contributed by atoms with Crippen molar-refractivity contribution >= 4 is 10.0 Å². The zero-order chi connectivity index (χ0) is 14.8. The summed E-state index contributed by atoms with van der Waals surface area (Å²) in [6.07, 6.45) is 0.527. The van der Waals surface area contributed by atoms with Gasteiger partial charge in [0.25, 0.3) is 0 Å². The van der Waals surface area contributed by atoms with Crippen LogP contribution < -0.4 is 10.5 Å². The van der Waals surface area contributed by atoms with Gasteiger partial charge in [-0.3, -0.25) is 0 Å². The third kappa shape index (κ3) is 3.49. The summed E-state index contributed by atoms with van der Waals surface area (Å²) in [6.45, 7) is 4.75. The topological polar surface area (TPSA) is 72.2 Å². The molecule has 4 nitrogen and oxygen atoms in total. The molecule has 0 fully saturated rings. The van der Waals surface area contributed by atoms with Crippen LogP contribution in [-0.4, -0.2) is 14.0 Å². The SMILES string of the molecule is CCC(C)(C)NS(=O)(=O)c1ccc(F)c(CN)c1F. The molecule has 0 aliphatic carbocycles. The molecular formula is C12H18F2N2O2S. The van der Waals surface area contributed by atoms with Crippen molar-refractivity contribution in [2.24, 2.45) is 5.73 Å². The van der Waals surface area contributed by atoms with Crippen LogP contribution in [0.3, 0.4) is 0 Å². The third-order valence-electron chi connectivity index (χ3n) is 2.94. The van der Waals surface area contributed by atoms with Gasteiger partial charge in [-0.2, -0.15) is 0 Å². The van der Waals surface area contributed by atoms with Crippen molar-refractivity contribution in [2.45, 2.75) is 44.2 Å². The van der Waals surface area contributed by atoms with Crippen molar-refractivity contribution in [1.29, 1.82) is 0 Å². The molecule has 0 spiro atoms. The highest BCUT2D eigenvalue weighted by atomic mass is 32.2. The lowest BCUT2D eigenvalue weighted by atomic mass is 10.0. The van der Waals surface area contributed by atoms with Gasteiger partial charge in [-0.15, -0.1) is 0 Å². The second-order valence-corrected chi connectivity index (χ2v) is 6.54. The Labute approximate surface area is 112 Å². The average molecular weight is 292 g/mol. The van der Waals surface area contributed by atoms with Gasteiger partial charge < -0.3 is 5.73 Å². The van der Waals surface area contributed by atoms with E-state index in [9.17, 15) is 17.2 Å². The number of benzene rings is 1. The second-order valence-electron chi connectivity index (χ2n) is 4.89. The summed E-state index contributed by atoms with van der Waals surface area (Å²) in [6, 6.07) is 1.80. The van der Waals surface area contributed by atoms with E-state index in [1.54, 1.807) is 20.8 Å². The van der Waals surface area contributed by atoms with E-state index in [0.717, 1.165) is 12.1 Å². The van der Waals surface area contributed by atoms with Crippen molar-refractivity contribution in [3.8, 4) is 0 Å². The van der Waals surface area contributed by atoms with Gasteiger partial charge >= 0.3 is 0 Å². The van der Waals surface area contributed by atoms with Crippen LogP contribution in [0.2, 0.25) is 0 Å². The Hall–Kier alpha value is -1.05. The number of sulfonamides is 1. The van der Waals surface area contributed by atoms with Gasteiger partial charge in [0.2, 0.25) is 10.0 Å². The van der Waals surface area contributed by atoms with Crippen LogP contribution in [-0.2, 0) is 16.6 Å². The first-order valence-electron chi connectivity index (χ1n) is 5.85. The Morgan fingerprint density at radius 1 is 1.32 bits per heavy atom. The molecule has 0 aliphatic heterocycles. The lowest BCUT2D eigenvalue weighted by Gasteiger charge is -2.24. The van der Waals surface area contributed by atoms with Crippen molar-refractivity contribution in [3.05, 3.63) is 29.3 Å². The second kappa shape index (κ2) is 5.52. The van der Waals surface area contributed by atoms with Crippen molar-refractivity contribution in [2.75, 3.05) is 0 Å². The maximum Gasteiger partial charge on any atom is 0.243 e. The quantitative estimate of drug-likeness (QED) is 0.870. The van der Waals surface area contributed by atoms with Crippen molar-refractivity contribution < 1.29 is 17.2 Å². The van der Waals surface area contributed by atoms with E-state index < -0.39 is 44.2 Å². The molecule has 1 rings (SSSR count). The number of hydrogen-bond donors (Lipinski definition) is 2. The van der Waals surface area contributed by atoms with Crippen molar-refractivity contribution in [3.63, 3.8) is 0 Å². The molecule has 0 unspecified atom stereocenters. The lowest BCUT2D eigenvalue weighted by Crippen LogP contribution is -2.43. The zero-order valence-electron chi connectivity index (χ0n) is 11.1. The first-order valence-corrected chi connectivity index (χ1v) is 7.34. The average Bonchev–Trinajstić information content (AvgIpc) is 2.27. The molecule has 7 heteroatoms. The van der Waals surface area contributed by atoms with E-state index in [4.69, 9.17) is 5.73 Å².